The van der Waals surface area contributed by atoms with E-state index in [1.165, 1.54) is 0 Å². The Bertz CT molecular complexity index is 595. The number of nitrogens with one attached hydrogen (secondary N) is 3. The number of hydrogen-bond acceptors (Lipinski definition) is 6. The average molecular weight is 327 g/mol. The molecule has 8 heteroatoms. The molecule has 0 amide bonds. The van der Waals surface area contributed by atoms with Crippen LogP contribution in [0.1, 0.15) is 13.8 Å². The molecule has 0 aliphatic rings. The highest BCUT2D eigenvalue weighted by atomic mass is 35.5. The van der Waals surface area contributed by atoms with E-state index in [1.54, 1.807) is 18.2 Å². The van der Waals surface area contributed by atoms with Crippen molar-refractivity contribution in [3.8, 4) is 0 Å². The summed E-state index contributed by atoms with van der Waals surface area (Å²) < 4.78 is 0. The van der Waals surface area contributed by atoms with Crippen LogP contribution in [0.3, 0.4) is 0 Å². The third-order valence-electron chi connectivity index (χ3n) is 2.48. The van der Waals surface area contributed by atoms with E-state index in [9.17, 15) is 0 Å². The predicted molar refractivity (Wildman–Crippen MR) is 87.9 cm³/mol. The van der Waals surface area contributed by atoms with Crippen LogP contribution in [-0.2, 0) is 0 Å². The molecule has 0 fully saturated rings. The van der Waals surface area contributed by atoms with Gasteiger partial charge in [-0.3, -0.25) is 0 Å². The number of halogens is 2. The fourth-order valence-electron chi connectivity index (χ4n) is 1.62. The van der Waals surface area contributed by atoms with Gasteiger partial charge >= 0.3 is 0 Å². The molecule has 0 atom stereocenters. The van der Waals surface area contributed by atoms with Crippen molar-refractivity contribution in [2.24, 2.45) is 0 Å². The minimum Gasteiger partial charge on any atom is -0.354 e. The molecule has 1 aromatic heterocycles. The Kier molecular flexibility index (Phi) is 5.41. The van der Waals surface area contributed by atoms with E-state index < -0.39 is 0 Å². The van der Waals surface area contributed by atoms with Crippen LogP contribution >= 0.6 is 23.2 Å². The molecule has 112 valence electrons. The Hall–Kier alpha value is -1.79. The zero-order valence-electron chi connectivity index (χ0n) is 11.7. The standard InChI is InChI=1S/C13H16Cl2N6/c1-3-16-11-19-12(17-4-2)21-13(20-11)18-10-6-5-8(14)7-9(10)15/h5-7H,3-4H2,1-2H3,(H3,16,17,18,19,20,21). The molecule has 0 radical (unpaired) electrons. The molecule has 2 rings (SSSR count). The van der Waals surface area contributed by atoms with Crippen molar-refractivity contribution in [1.29, 1.82) is 0 Å². The Labute approximate surface area is 133 Å². The van der Waals surface area contributed by atoms with Crippen LogP contribution in [0.5, 0.6) is 0 Å². The normalized spacial score (nSPS) is 10.3. The van der Waals surface area contributed by atoms with Gasteiger partial charge in [0.15, 0.2) is 0 Å². The molecule has 3 N–H and O–H groups in total. The number of benzene rings is 1. The van der Waals surface area contributed by atoms with Gasteiger partial charge in [0.1, 0.15) is 0 Å². The second-order valence-corrected chi connectivity index (χ2v) is 4.96. The van der Waals surface area contributed by atoms with Gasteiger partial charge in [-0.2, -0.15) is 15.0 Å². The van der Waals surface area contributed by atoms with Crippen molar-refractivity contribution in [2.45, 2.75) is 13.8 Å². The summed E-state index contributed by atoms with van der Waals surface area (Å²) in [5.41, 5.74) is 0.678. The maximum Gasteiger partial charge on any atom is 0.233 e. The number of aromatic nitrogens is 3. The van der Waals surface area contributed by atoms with Crippen LogP contribution in [0.25, 0.3) is 0 Å². The SMILES string of the molecule is CCNc1nc(NCC)nc(Nc2ccc(Cl)cc2Cl)n1. The third-order valence-corrected chi connectivity index (χ3v) is 3.03. The second kappa shape index (κ2) is 7.28. The predicted octanol–water partition coefficient (Wildman–Crippen LogP) is 3.79. The van der Waals surface area contributed by atoms with Crippen molar-refractivity contribution in [3.63, 3.8) is 0 Å². The lowest BCUT2D eigenvalue weighted by molar-refractivity contribution is 1.00. The number of nitrogens with zero attached hydrogens (tertiary/aromatic N) is 3. The Morgan fingerprint density at radius 2 is 1.48 bits per heavy atom. The van der Waals surface area contributed by atoms with Gasteiger partial charge in [-0.15, -0.1) is 0 Å². The third kappa shape index (κ3) is 4.34. The summed E-state index contributed by atoms with van der Waals surface area (Å²) in [5.74, 6) is 1.40. The molecule has 1 heterocycles. The molecule has 0 unspecified atom stereocenters. The lowest BCUT2D eigenvalue weighted by Gasteiger charge is -2.11. The first-order valence-electron chi connectivity index (χ1n) is 6.58. The molecule has 0 saturated heterocycles. The van der Waals surface area contributed by atoms with Gasteiger partial charge in [0.05, 0.1) is 10.7 Å². The Morgan fingerprint density at radius 3 is 2.00 bits per heavy atom. The number of rotatable bonds is 6. The van der Waals surface area contributed by atoms with Gasteiger partial charge in [0.25, 0.3) is 0 Å². The summed E-state index contributed by atoms with van der Waals surface area (Å²) in [5, 5.41) is 10.3. The molecule has 6 nitrogen and oxygen atoms in total. The fraction of sp³-hybridized carbons (Fsp3) is 0.308. The second-order valence-electron chi connectivity index (χ2n) is 4.12. The topological polar surface area (TPSA) is 74.8 Å². The molecule has 0 bridgehead atoms. The highest BCUT2D eigenvalue weighted by Crippen LogP contribution is 2.27. The van der Waals surface area contributed by atoms with E-state index >= 15 is 0 Å². The summed E-state index contributed by atoms with van der Waals surface area (Å²) in [4.78, 5) is 12.8. The molecular formula is C13H16Cl2N6. The van der Waals surface area contributed by atoms with Crippen molar-refractivity contribution in [3.05, 3.63) is 28.2 Å². The molecular weight excluding hydrogens is 311 g/mol. The zero-order chi connectivity index (χ0) is 15.2. The molecule has 2 aromatic rings. The molecule has 0 aliphatic heterocycles. The van der Waals surface area contributed by atoms with E-state index in [-0.39, 0.29) is 0 Å². The first kappa shape index (κ1) is 15.6. The van der Waals surface area contributed by atoms with Crippen molar-refractivity contribution in [2.75, 3.05) is 29.0 Å². The lowest BCUT2D eigenvalue weighted by atomic mass is 10.3. The van der Waals surface area contributed by atoms with E-state index in [1.807, 2.05) is 13.8 Å². The van der Waals surface area contributed by atoms with E-state index in [0.717, 1.165) is 13.1 Å². The summed E-state index contributed by atoms with van der Waals surface area (Å²) in [6, 6.07) is 5.17. The van der Waals surface area contributed by atoms with Crippen LogP contribution in [0.2, 0.25) is 10.0 Å². The summed E-state index contributed by atoms with van der Waals surface area (Å²) >= 11 is 12.0. The Morgan fingerprint density at radius 1 is 0.905 bits per heavy atom. The zero-order valence-corrected chi connectivity index (χ0v) is 13.3. The van der Waals surface area contributed by atoms with Crippen LogP contribution in [0, 0.1) is 0 Å². The first-order chi connectivity index (χ1) is 10.1. The largest absolute Gasteiger partial charge is 0.354 e. The van der Waals surface area contributed by atoms with Crippen LogP contribution in [0.4, 0.5) is 23.5 Å². The van der Waals surface area contributed by atoms with Gasteiger partial charge in [-0.1, -0.05) is 23.2 Å². The van der Waals surface area contributed by atoms with Gasteiger partial charge in [-0.05, 0) is 32.0 Å². The van der Waals surface area contributed by atoms with Crippen molar-refractivity contribution in [1.82, 2.24) is 15.0 Å². The average Bonchev–Trinajstić information content (AvgIpc) is 2.42. The molecule has 21 heavy (non-hydrogen) atoms. The molecule has 0 saturated carbocycles. The maximum absolute atomic E-state index is 6.13. The molecule has 0 spiro atoms. The highest BCUT2D eigenvalue weighted by Gasteiger charge is 2.08. The van der Waals surface area contributed by atoms with Crippen LogP contribution < -0.4 is 16.0 Å². The quantitative estimate of drug-likeness (QED) is 0.750. The van der Waals surface area contributed by atoms with Crippen molar-refractivity contribution >= 4 is 46.7 Å². The van der Waals surface area contributed by atoms with E-state index in [2.05, 4.69) is 30.9 Å². The summed E-state index contributed by atoms with van der Waals surface area (Å²) in [7, 11) is 0. The fourth-order valence-corrected chi connectivity index (χ4v) is 2.07. The van der Waals surface area contributed by atoms with Crippen LogP contribution in [-0.4, -0.2) is 28.0 Å². The maximum atomic E-state index is 6.13. The first-order valence-corrected chi connectivity index (χ1v) is 7.33. The lowest BCUT2D eigenvalue weighted by Crippen LogP contribution is -2.10. The minimum absolute atomic E-state index is 0.404. The van der Waals surface area contributed by atoms with Crippen molar-refractivity contribution < 1.29 is 0 Å². The minimum atomic E-state index is 0.404. The van der Waals surface area contributed by atoms with Gasteiger partial charge < -0.3 is 16.0 Å². The highest BCUT2D eigenvalue weighted by molar-refractivity contribution is 6.36. The monoisotopic (exact) mass is 326 g/mol. The number of anilines is 4. The molecule has 0 aliphatic carbocycles. The Balaban J connectivity index is 2.29. The van der Waals surface area contributed by atoms with E-state index in [0.29, 0.717) is 33.6 Å². The van der Waals surface area contributed by atoms with Gasteiger partial charge in [0.2, 0.25) is 17.8 Å². The number of hydrogen-bond donors (Lipinski definition) is 3. The van der Waals surface area contributed by atoms with Crippen LogP contribution in [0.15, 0.2) is 18.2 Å². The summed E-state index contributed by atoms with van der Waals surface area (Å²) in [6.45, 7) is 5.38. The smallest absolute Gasteiger partial charge is 0.233 e. The summed E-state index contributed by atoms with van der Waals surface area (Å²) in [6.07, 6.45) is 0. The van der Waals surface area contributed by atoms with Gasteiger partial charge in [0, 0.05) is 18.1 Å². The molecule has 1 aromatic carbocycles. The van der Waals surface area contributed by atoms with E-state index in [4.69, 9.17) is 23.2 Å². The van der Waals surface area contributed by atoms with Gasteiger partial charge in [-0.25, -0.2) is 0 Å².